The summed E-state index contributed by atoms with van der Waals surface area (Å²) in [6.07, 6.45) is 1.09. The van der Waals surface area contributed by atoms with Crippen LogP contribution in [0.3, 0.4) is 0 Å². The predicted molar refractivity (Wildman–Crippen MR) is 75.7 cm³/mol. The Morgan fingerprint density at radius 1 is 1.30 bits per heavy atom. The fraction of sp³-hybridized carbons (Fsp3) is 0.0833. The van der Waals surface area contributed by atoms with Crippen LogP contribution in [0.15, 0.2) is 45.9 Å². The monoisotopic (exact) mass is 360 g/mol. The molecule has 0 spiro atoms. The molecule has 8 heteroatoms. The summed E-state index contributed by atoms with van der Waals surface area (Å²) in [4.78, 5) is 3.35. The zero-order valence-corrected chi connectivity index (χ0v) is 12.7. The molecule has 1 N–H and O–H groups in total. The van der Waals surface area contributed by atoms with Crippen LogP contribution >= 0.6 is 15.9 Å². The Morgan fingerprint density at radius 3 is 2.65 bits per heavy atom. The maximum atomic E-state index is 12.7. The van der Waals surface area contributed by atoms with E-state index in [2.05, 4.69) is 25.6 Å². The van der Waals surface area contributed by atoms with Gasteiger partial charge in [0.2, 0.25) is 5.95 Å². The van der Waals surface area contributed by atoms with Gasteiger partial charge in [0.25, 0.3) is 10.0 Å². The molecule has 1 aromatic heterocycles. The van der Waals surface area contributed by atoms with Crippen LogP contribution < -0.4 is 9.46 Å². The van der Waals surface area contributed by atoms with Crippen molar-refractivity contribution in [2.24, 2.45) is 0 Å². The van der Waals surface area contributed by atoms with Gasteiger partial charge in [0, 0.05) is 4.47 Å². The van der Waals surface area contributed by atoms with E-state index < -0.39 is 16.0 Å². The molecule has 20 heavy (non-hydrogen) atoms. The fourth-order valence-corrected chi connectivity index (χ4v) is 3.26. The second kappa shape index (κ2) is 5.76. The van der Waals surface area contributed by atoms with Crippen molar-refractivity contribution in [2.75, 3.05) is 11.8 Å². The summed E-state index contributed by atoms with van der Waals surface area (Å²) in [7, 11) is -2.48. The molecule has 0 aliphatic rings. The van der Waals surface area contributed by atoms with Gasteiger partial charge in [-0.1, -0.05) is 15.9 Å². The quantitative estimate of drug-likeness (QED) is 0.851. The number of methoxy groups -OCH3 is 1. The Labute approximate surface area is 124 Å². The van der Waals surface area contributed by atoms with E-state index in [9.17, 15) is 12.8 Å². The molecule has 5 nitrogen and oxygen atoms in total. The lowest BCUT2D eigenvalue weighted by Gasteiger charge is -2.11. The molecule has 2 aromatic rings. The number of aromatic nitrogens is 1. The molecule has 0 saturated heterocycles. The predicted octanol–water partition coefficient (Wildman–Crippen LogP) is 2.79. The SMILES string of the molecule is COc1ccc(Br)cc1S(=O)(=O)Nc1ccc(F)nc1. The molecule has 0 atom stereocenters. The van der Waals surface area contributed by atoms with Gasteiger partial charge in [-0.15, -0.1) is 0 Å². The molecule has 0 saturated carbocycles. The fourth-order valence-electron chi connectivity index (χ4n) is 1.51. The van der Waals surface area contributed by atoms with Gasteiger partial charge in [0.1, 0.15) is 10.6 Å². The average molecular weight is 361 g/mol. The van der Waals surface area contributed by atoms with Gasteiger partial charge < -0.3 is 4.74 Å². The molecular weight excluding hydrogens is 351 g/mol. The second-order valence-corrected chi connectivity index (χ2v) is 6.34. The third kappa shape index (κ3) is 3.26. The molecule has 1 heterocycles. The van der Waals surface area contributed by atoms with Gasteiger partial charge in [-0.3, -0.25) is 4.72 Å². The van der Waals surface area contributed by atoms with Crippen molar-refractivity contribution in [3.8, 4) is 5.75 Å². The molecule has 106 valence electrons. The van der Waals surface area contributed by atoms with Crippen molar-refractivity contribution in [1.82, 2.24) is 4.98 Å². The largest absolute Gasteiger partial charge is 0.495 e. The van der Waals surface area contributed by atoms with Crippen LogP contribution in [0.25, 0.3) is 0 Å². The molecule has 0 aliphatic heterocycles. The van der Waals surface area contributed by atoms with Crippen LogP contribution in [0.5, 0.6) is 5.75 Å². The number of ether oxygens (including phenoxy) is 1. The van der Waals surface area contributed by atoms with Crippen molar-refractivity contribution >= 4 is 31.6 Å². The van der Waals surface area contributed by atoms with Crippen LogP contribution in [0.1, 0.15) is 0 Å². The molecule has 1 aromatic carbocycles. The Hall–Kier alpha value is -1.67. The van der Waals surface area contributed by atoms with Crippen LogP contribution in [0.4, 0.5) is 10.1 Å². The highest BCUT2D eigenvalue weighted by Gasteiger charge is 2.20. The lowest BCUT2D eigenvalue weighted by atomic mass is 10.3. The Bertz CT molecular complexity index is 720. The summed E-state index contributed by atoms with van der Waals surface area (Å²) in [5, 5.41) is 0. The number of halogens is 2. The molecule has 0 amide bonds. The molecule has 0 unspecified atom stereocenters. The molecule has 0 aliphatic carbocycles. The lowest BCUT2D eigenvalue weighted by Crippen LogP contribution is -2.14. The minimum atomic E-state index is -3.86. The Morgan fingerprint density at radius 2 is 2.05 bits per heavy atom. The summed E-state index contributed by atoms with van der Waals surface area (Å²) in [5.74, 6) is -0.483. The first-order valence-electron chi connectivity index (χ1n) is 5.40. The number of rotatable bonds is 4. The third-order valence-electron chi connectivity index (χ3n) is 2.39. The lowest BCUT2D eigenvalue weighted by molar-refractivity contribution is 0.403. The van der Waals surface area contributed by atoms with Crippen LogP contribution in [0.2, 0.25) is 0 Å². The van der Waals surface area contributed by atoms with Crippen LogP contribution in [-0.4, -0.2) is 20.5 Å². The highest BCUT2D eigenvalue weighted by Crippen LogP contribution is 2.28. The van der Waals surface area contributed by atoms with Gasteiger partial charge in [-0.2, -0.15) is 4.39 Å². The van der Waals surface area contributed by atoms with E-state index in [1.807, 2.05) is 0 Å². The summed E-state index contributed by atoms with van der Waals surface area (Å²) in [6, 6.07) is 6.96. The number of nitrogens with zero attached hydrogens (tertiary/aromatic N) is 1. The topological polar surface area (TPSA) is 68.3 Å². The first-order valence-corrected chi connectivity index (χ1v) is 7.68. The summed E-state index contributed by atoms with van der Waals surface area (Å²) < 4.78 is 45.2. The van der Waals surface area contributed by atoms with Gasteiger partial charge >= 0.3 is 0 Å². The standard InChI is InChI=1S/C12H10BrFN2O3S/c1-19-10-4-2-8(13)6-11(10)20(17,18)16-9-3-5-12(14)15-7-9/h2-7,16H,1H3. The van der Waals surface area contributed by atoms with E-state index in [0.29, 0.717) is 4.47 Å². The maximum absolute atomic E-state index is 12.7. The number of sulfonamides is 1. The van der Waals surface area contributed by atoms with Crippen LogP contribution in [-0.2, 0) is 10.0 Å². The number of hydrogen-bond acceptors (Lipinski definition) is 4. The van der Waals surface area contributed by atoms with Gasteiger partial charge in [0.05, 0.1) is 19.0 Å². The normalized spacial score (nSPS) is 11.2. The smallest absolute Gasteiger partial charge is 0.265 e. The number of hydrogen-bond donors (Lipinski definition) is 1. The van der Waals surface area contributed by atoms with Gasteiger partial charge in [0.15, 0.2) is 0 Å². The molecule has 0 bridgehead atoms. The van der Waals surface area contributed by atoms with Crippen molar-refractivity contribution in [2.45, 2.75) is 4.90 Å². The highest BCUT2D eigenvalue weighted by molar-refractivity contribution is 9.10. The minimum absolute atomic E-state index is 0.0290. The Balaban J connectivity index is 2.40. The van der Waals surface area contributed by atoms with Crippen molar-refractivity contribution in [3.63, 3.8) is 0 Å². The summed E-state index contributed by atoms with van der Waals surface area (Å²) in [6.45, 7) is 0. The second-order valence-electron chi connectivity index (χ2n) is 3.77. The number of anilines is 1. The first kappa shape index (κ1) is 14.7. The first-order chi connectivity index (χ1) is 9.42. The Kier molecular flexibility index (Phi) is 4.24. The molecule has 2 rings (SSSR count). The van der Waals surface area contributed by atoms with E-state index in [1.54, 1.807) is 6.07 Å². The van der Waals surface area contributed by atoms with Gasteiger partial charge in [-0.25, -0.2) is 13.4 Å². The maximum Gasteiger partial charge on any atom is 0.265 e. The third-order valence-corrected chi connectivity index (χ3v) is 4.29. The number of nitrogens with one attached hydrogen (secondary N) is 1. The number of benzene rings is 1. The zero-order chi connectivity index (χ0) is 14.8. The van der Waals surface area contributed by atoms with E-state index in [0.717, 1.165) is 12.3 Å². The minimum Gasteiger partial charge on any atom is -0.495 e. The zero-order valence-electron chi connectivity index (χ0n) is 10.3. The molecular formula is C12H10BrFN2O3S. The molecule has 0 radical (unpaired) electrons. The summed E-state index contributed by atoms with van der Waals surface area (Å²) in [5.41, 5.74) is 0.161. The highest BCUT2D eigenvalue weighted by atomic mass is 79.9. The van der Waals surface area contributed by atoms with Crippen molar-refractivity contribution < 1.29 is 17.5 Å². The van der Waals surface area contributed by atoms with E-state index >= 15 is 0 Å². The number of pyridine rings is 1. The van der Waals surface area contributed by atoms with Crippen molar-refractivity contribution in [3.05, 3.63) is 46.9 Å². The van der Waals surface area contributed by atoms with E-state index in [4.69, 9.17) is 4.74 Å². The summed E-state index contributed by atoms with van der Waals surface area (Å²) >= 11 is 3.20. The van der Waals surface area contributed by atoms with Crippen molar-refractivity contribution in [1.29, 1.82) is 0 Å². The van der Waals surface area contributed by atoms with Gasteiger partial charge in [-0.05, 0) is 30.3 Å². The van der Waals surface area contributed by atoms with E-state index in [1.165, 1.54) is 25.3 Å². The molecule has 0 fully saturated rings. The average Bonchev–Trinajstić information content (AvgIpc) is 2.41. The van der Waals surface area contributed by atoms with E-state index in [-0.39, 0.29) is 16.3 Å². The van der Waals surface area contributed by atoms with Crippen LogP contribution in [0, 0.1) is 5.95 Å².